The quantitative estimate of drug-likeness (QED) is 0.421. The minimum atomic E-state index is -0.483. The highest BCUT2D eigenvalue weighted by molar-refractivity contribution is 6.42. The fraction of sp³-hybridized carbons (Fsp3) is 0.304. The first kappa shape index (κ1) is 22.6. The summed E-state index contributed by atoms with van der Waals surface area (Å²) in [5.74, 6) is 0.921. The van der Waals surface area contributed by atoms with Gasteiger partial charge in [0, 0.05) is 44.2 Å². The number of imidazole rings is 1. The molecule has 1 aromatic carbocycles. The number of aromatic nitrogens is 5. The molecular weight excluding hydrogens is 479 g/mol. The van der Waals surface area contributed by atoms with Crippen LogP contribution in [0.4, 0.5) is 11.6 Å². The van der Waals surface area contributed by atoms with E-state index in [0.717, 1.165) is 22.4 Å². The summed E-state index contributed by atoms with van der Waals surface area (Å²) in [5, 5.41) is 13.3. The smallest absolute Gasteiger partial charge is 0.332 e. The topological polar surface area (TPSA) is 107 Å². The van der Waals surface area contributed by atoms with Crippen molar-refractivity contribution in [3.63, 3.8) is 0 Å². The number of aliphatic hydroxyl groups excluding tert-OH is 1. The Morgan fingerprint density at radius 3 is 2.62 bits per heavy atom. The number of nitrogens with zero attached hydrogens (tertiary/aromatic N) is 5. The SMILES string of the molecule is Cn1c(Nc2ccnc([C@@H]3C[C@H]3CO)c2)nc2c1c(=O)n(Cc1ccc(Cl)c(Cl)c1)c(=O)n2C. The lowest BCUT2D eigenvalue weighted by Gasteiger charge is -2.10. The molecule has 2 atom stereocenters. The Balaban J connectivity index is 1.53. The number of pyridine rings is 1. The molecule has 0 aliphatic heterocycles. The summed E-state index contributed by atoms with van der Waals surface area (Å²) < 4.78 is 4.14. The zero-order valence-electron chi connectivity index (χ0n) is 18.5. The molecule has 0 unspecified atom stereocenters. The molecule has 1 saturated carbocycles. The van der Waals surface area contributed by atoms with Gasteiger partial charge in [0.25, 0.3) is 5.56 Å². The number of anilines is 2. The predicted molar refractivity (Wildman–Crippen MR) is 131 cm³/mol. The molecule has 176 valence electrons. The molecule has 0 amide bonds. The Hall–Kier alpha value is -3.14. The molecule has 0 saturated heterocycles. The molecule has 5 rings (SSSR count). The largest absolute Gasteiger partial charge is 0.396 e. The summed E-state index contributed by atoms with van der Waals surface area (Å²) in [6.45, 7) is 0.199. The van der Waals surface area contributed by atoms with E-state index in [1.54, 1.807) is 49.1 Å². The molecular formula is C23H22Cl2N6O3. The minimum Gasteiger partial charge on any atom is -0.396 e. The van der Waals surface area contributed by atoms with E-state index < -0.39 is 11.2 Å². The number of aliphatic hydroxyl groups is 1. The second-order valence-corrected chi connectivity index (χ2v) is 9.34. The Morgan fingerprint density at radius 2 is 1.91 bits per heavy atom. The van der Waals surface area contributed by atoms with Gasteiger partial charge in [0.15, 0.2) is 11.2 Å². The predicted octanol–water partition coefficient (Wildman–Crippen LogP) is 3.02. The van der Waals surface area contributed by atoms with Gasteiger partial charge in [-0.2, -0.15) is 4.98 Å². The van der Waals surface area contributed by atoms with Crippen molar-refractivity contribution in [2.75, 3.05) is 11.9 Å². The van der Waals surface area contributed by atoms with Crippen LogP contribution in [0.5, 0.6) is 0 Å². The van der Waals surface area contributed by atoms with Gasteiger partial charge in [-0.1, -0.05) is 29.3 Å². The summed E-state index contributed by atoms with van der Waals surface area (Å²) in [6.07, 6.45) is 2.62. The van der Waals surface area contributed by atoms with Crippen molar-refractivity contribution < 1.29 is 5.11 Å². The third kappa shape index (κ3) is 3.89. The van der Waals surface area contributed by atoms with Crippen LogP contribution in [0.1, 0.15) is 23.6 Å². The molecule has 4 aromatic rings. The highest BCUT2D eigenvalue weighted by Crippen LogP contribution is 2.46. The van der Waals surface area contributed by atoms with Crippen LogP contribution in [-0.4, -0.2) is 35.4 Å². The van der Waals surface area contributed by atoms with Gasteiger partial charge in [-0.3, -0.25) is 18.9 Å². The van der Waals surface area contributed by atoms with E-state index >= 15 is 0 Å². The van der Waals surface area contributed by atoms with E-state index in [2.05, 4.69) is 15.3 Å². The molecule has 1 aliphatic rings. The second kappa shape index (κ2) is 8.57. The lowest BCUT2D eigenvalue weighted by molar-refractivity contribution is 0.273. The van der Waals surface area contributed by atoms with Crippen LogP contribution in [0, 0.1) is 5.92 Å². The molecule has 0 radical (unpaired) electrons. The standard InChI is InChI=1S/C23H22Cl2N6O3/c1-29-19-20(28-22(29)27-14-5-6-26-18(9-14)15-8-13(15)11-32)30(2)23(34)31(21(19)33)10-12-3-4-16(24)17(25)7-12/h3-7,9,13,15,32H,8,10-11H2,1-2H3,(H,26,27,28)/t13-,15+/m0/s1. The molecule has 1 aliphatic carbocycles. The molecule has 0 spiro atoms. The Morgan fingerprint density at radius 1 is 1.12 bits per heavy atom. The number of fused-ring (bicyclic) bond motifs is 1. The first-order valence-corrected chi connectivity index (χ1v) is 11.5. The van der Waals surface area contributed by atoms with E-state index in [-0.39, 0.29) is 30.6 Å². The van der Waals surface area contributed by atoms with Gasteiger partial charge in [-0.25, -0.2) is 4.79 Å². The van der Waals surface area contributed by atoms with Crippen molar-refractivity contribution >= 4 is 46.0 Å². The van der Waals surface area contributed by atoms with Gasteiger partial charge >= 0.3 is 5.69 Å². The molecule has 1 fully saturated rings. The zero-order valence-corrected chi connectivity index (χ0v) is 20.0. The van der Waals surface area contributed by atoms with E-state index in [1.165, 1.54) is 4.57 Å². The van der Waals surface area contributed by atoms with Crippen LogP contribution in [0.2, 0.25) is 10.0 Å². The summed E-state index contributed by atoms with van der Waals surface area (Å²) in [7, 11) is 3.30. The zero-order chi connectivity index (χ0) is 24.1. The maximum atomic E-state index is 13.3. The van der Waals surface area contributed by atoms with Crippen LogP contribution in [0.25, 0.3) is 11.2 Å². The third-order valence-corrected chi connectivity index (χ3v) is 7.00. The van der Waals surface area contributed by atoms with E-state index in [0.29, 0.717) is 27.1 Å². The second-order valence-electron chi connectivity index (χ2n) is 8.53. The third-order valence-electron chi connectivity index (χ3n) is 6.26. The number of halogens is 2. The number of aryl methyl sites for hydroxylation is 2. The lowest BCUT2D eigenvalue weighted by Crippen LogP contribution is -2.39. The molecule has 9 nitrogen and oxygen atoms in total. The van der Waals surface area contributed by atoms with Crippen molar-refractivity contribution in [1.82, 2.24) is 23.7 Å². The molecule has 2 N–H and O–H groups in total. The fourth-order valence-corrected chi connectivity index (χ4v) is 4.51. The Bertz CT molecular complexity index is 1540. The van der Waals surface area contributed by atoms with E-state index in [1.807, 2.05) is 6.07 Å². The maximum absolute atomic E-state index is 13.3. The molecule has 3 heterocycles. The van der Waals surface area contributed by atoms with Crippen LogP contribution >= 0.6 is 23.2 Å². The molecule has 34 heavy (non-hydrogen) atoms. The molecule has 3 aromatic heterocycles. The summed E-state index contributed by atoms with van der Waals surface area (Å²) in [5.41, 5.74) is 1.98. The highest BCUT2D eigenvalue weighted by atomic mass is 35.5. The van der Waals surface area contributed by atoms with Crippen molar-refractivity contribution in [1.29, 1.82) is 0 Å². The van der Waals surface area contributed by atoms with Gasteiger partial charge in [-0.05, 0) is 42.2 Å². The Kier molecular flexibility index (Phi) is 5.71. The summed E-state index contributed by atoms with van der Waals surface area (Å²) >= 11 is 12.1. The van der Waals surface area contributed by atoms with Gasteiger partial charge in [0.1, 0.15) is 0 Å². The normalized spacial score (nSPS) is 17.3. The van der Waals surface area contributed by atoms with Gasteiger partial charge in [-0.15, -0.1) is 0 Å². The minimum absolute atomic E-state index is 0.0490. The first-order chi connectivity index (χ1) is 16.3. The number of benzene rings is 1. The van der Waals surface area contributed by atoms with Gasteiger partial charge in [0.2, 0.25) is 5.95 Å². The van der Waals surface area contributed by atoms with Crippen LogP contribution in [0.15, 0.2) is 46.1 Å². The fourth-order valence-electron chi connectivity index (χ4n) is 4.18. The number of hydrogen-bond donors (Lipinski definition) is 2. The maximum Gasteiger partial charge on any atom is 0.332 e. The van der Waals surface area contributed by atoms with Crippen molar-refractivity contribution in [3.8, 4) is 0 Å². The summed E-state index contributed by atoms with van der Waals surface area (Å²) in [4.78, 5) is 35.3. The van der Waals surface area contributed by atoms with E-state index in [4.69, 9.17) is 23.2 Å². The Labute approximate surface area is 204 Å². The molecule has 0 bridgehead atoms. The van der Waals surface area contributed by atoms with Crippen LogP contribution in [0.3, 0.4) is 0 Å². The van der Waals surface area contributed by atoms with Crippen molar-refractivity contribution in [3.05, 3.63) is 78.7 Å². The first-order valence-electron chi connectivity index (χ1n) is 10.7. The average Bonchev–Trinajstić information content (AvgIpc) is 3.55. The lowest BCUT2D eigenvalue weighted by atomic mass is 10.2. The van der Waals surface area contributed by atoms with E-state index in [9.17, 15) is 14.7 Å². The van der Waals surface area contributed by atoms with Gasteiger partial charge < -0.3 is 15.0 Å². The van der Waals surface area contributed by atoms with Gasteiger partial charge in [0.05, 0.1) is 16.6 Å². The number of hydrogen-bond acceptors (Lipinski definition) is 6. The average molecular weight is 501 g/mol. The van der Waals surface area contributed by atoms with Crippen molar-refractivity contribution in [2.45, 2.75) is 18.9 Å². The van der Waals surface area contributed by atoms with Crippen LogP contribution < -0.4 is 16.6 Å². The van der Waals surface area contributed by atoms with Crippen LogP contribution in [-0.2, 0) is 20.6 Å². The monoisotopic (exact) mass is 500 g/mol. The molecule has 11 heteroatoms. The number of nitrogens with one attached hydrogen (secondary N) is 1. The number of rotatable bonds is 6. The van der Waals surface area contributed by atoms with Crippen molar-refractivity contribution in [2.24, 2.45) is 20.0 Å². The summed E-state index contributed by atoms with van der Waals surface area (Å²) in [6, 6.07) is 8.72. The highest BCUT2D eigenvalue weighted by Gasteiger charge is 2.38.